The number of hydrogen-bond acceptors (Lipinski definition) is 5. The number of methoxy groups -OCH3 is 1. The van der Waals surface area contributed by atoms with Crippen LogP contribution in [0, 0.1) is 0 Å². The molecule has 1 aromatic heterocycles. The fourth-order valence-corrected chi connectivity index (χ4v) is 1.75. The normalized spacial score (nSPS) is 10.8. The van der Waals surface area contributed by atoms with Crippen LogP contribution in [0.4, 0.5) is 10.5 Å². The van der Waals surface area contributed by atoms with E-state index in [0.29, 0.717) is 23.1 Å². The average Bonchev–Trinajstić information content (AvgIpc) is 2.48. The van der Waals surface area contributed by atoms with Crippen LogP contribution in [0.5, 0.6) is 17.4 Å². The number of nitrogens with zero attached hydrogens (tertiary/aromatic N) is 1. The number of carbonyl (C=O) groups excluding carboxylic acids is 1. The number of pyridine rings is 1. The maximum Gasteiger partial charge on any atom is 0.412 e. The minimum atomic E-state index is -0.551. The third kappa shape index (κ3) is 5.18. The molecule has 1 aromatic carbocycles. The van der Waals surface area contributed by atoms with Gasteiger partial charge < -0.3 is 14.2 Å². The fourth-order valence-electron chi connectivity index (χ4n) is 1.75. The minimum absolute atomic E-state index is 0.393. The Kier molecular flexibility index (Phi) is 5.05. The first-order valence-electron chi connectivity index (χ1n) is 7.14. The maximum atomic E-state index is 11.7. The van der Waals surface area contributed by atoms with Crippen molar-refractivity contribution in [3.8, 4) is 17.4 Å². The van der Waals surface area contributed by atoms with Gasteiger partial charge in [0.15, 0.2) is 11.5 Å². The van der Waals surface area contributed by atoms with E-state index in [1.165, 1.54) is 6.20 Å². The van der Waals surface area contributed by atoms with E-state index < -0.39 is 11.7 Å². The molecule has 1 N–H and O–H groups in total. The smallest absolute Gasteiger partial charge is 0.412 e. The third-order valence-corrected chi connectivity index (χ3v) is 2.67. The lowest BCUT2D eigenvalue weighted by molar-refractivity contribution is 0.0636. The Morgan fingerprint density at radius 2 is 1.78 bits per heavy atom. The number of amides is 1. The number of benzene rings is 1. The summed E-state index contributed by atoms with van der Waals surface area (Å²) in [4.78, 5) is 15.8. The van der Waals surface area contributed by atoms with Crippen molar-refractivity contribution in [3.63, 3.8) is 0 Å². The molecule has 0 aliphatic rings. The molecular weight excluding hydrogens is 296 g/mol. The SMILES string of the molecule is COc1ccccc1Oc1ccc(NC(=O)OC(C)(C)C)cn1. The second-order valence-corrected chi connectivity index (χ2v) is 5.76. The molecule has 0 fully saturated rings. The van der Waals surface area contributed by atoms with Crippen molar-refractivity contribution in [3.05, 3.63) is 42.6 Å². The van der Waals surface area contributed by atoms with Crippen LogP contribution in [0.15, 0.2) is 42.6 Å². The number of aromatic nitrogens is 1. The second kappa shape index (κ2) is 7.00. The van der Waals surface area contributed by atoms with Crippen molar-refractivity contribution in [1.29, 1.82) is 0 Å². The summed E-state index contributed by atoms with van der Waals surface area (Å²) in [6, 6.07) is 10.6. The first-order chi connectivity index (χ1) is 10.9. The highest BCUT2D eigenvalue weighted by Gasteiger charge is 2.16. The summed E-state index contributed by atoms with van der Waals surface area (Å²) >= 11 is 0. The van der Waals surface area contributed by atoms with Crippen LogP contribution in [0.3, 0.4) is 0 Å². The van der Waals surface area contributed by atoms with E-state index in [-0.39, 0.29) is 0 Å². The molecule has 2 rings (SSSR count). The summed E-state index contributed by atoms with van der Waals surface area (Å²) in [5, 5.41) is 2.61. The summed E-state index contributed by atoms with van der Waals surface area (Å²) < 4.78 is 16.0. The first-order valence-corrected chi connectivity index (χ1v) is 7.14. The zero-order chi connectivity index (χ0) is 16.9. The van der Waals surface area contributed by atoms with Crippen molar-refractivity contribution in [2.24, 2.45) is 0 Å². The highest BCUT2D eigenvalue weighted by atomic mass is 16.6. The predicted molar refractivity (Wildman–Crippen MR) is 87.2 cm³/mol. The Hall–Kier alpha value is -2.76. The van der Waals surface area contributed by atoms with Gasteiger partial charge in [-0.15, -0.1) is 0 Å². The van der Waals surface area contributed by atoms with Gasteiger partial charge in [-0.25, -0.2) is 9.78 Å². The molecule has 0 spiro atoms. The standard InChI is InChI=1S/C17H20N2O4/c1-17(2,3)23-16(20)19-12-9-10-15(18-11-12)22-14-8-6-5-7-13(14)21-4/h5-11H,1-4H3,(H,19,20). The summed E-state index contributed by atoms with van der Waals surface area (Å²) in [5.74, 6) is 1.57. The van der Waals surface area contributed by atoms with Crippen molar-refractivity contribution in [2.75, 3.05) is 12.4 Å². The van der Waals surface area contributed by atoms with Gasteiger partial charge in [0, 0.05) is 6.07 Å². The van der Waals surface area contributed by atoms with Gasteiger partial charge >= 0.3 is 6.09 Å². The van der Waals surface area contributed by atoms with Crippen molar-refractivity contribution in [2.45, 2.75) is 26.4 Å². The number of nitrogens with one attached hydrogen (secondary N) is 1. The lowest BCUT2D eigenvalue weighted by Gasteiger charge is -2.19. The number of carbonyl (C=O) groups is 1. The maximum absolute atomic E-state index is 11.7. The molecule has 6 heteroatoms. The van der Waals surface area contributed by atoms with E-state index in [2.05, 4.69) is 10.3 Å². The predicted octanol–water partition coefficient (Wildman–Crippen LogP) is 4.23. The van der Waals surface area contributed by atoms with Crippen molar-refractivity contribution >= 4 is 11.8 Å². The number of para-hydroxylation sites is 2. The fraction of sp³-hybridized carbons (Fsp3) is 0.294. The summed E-state index contributed by atoms with van der Waals surface area (Å²) in [7, 11) is 1.57. The van der Waals surface area contributed by atoms with Gasteiger partial charge in [0.25, 0.3) is 0 Å². The minimum Gasteiger partial charge on any atom is -0.493 e. The third-order valence-electron chi connectivity index (χ3n) is 2.67. The molecule has 2 aromatic rings. The number of rotatable bonds is 4. The van der Waals surface area contributed by atoms with E-state index in [4.69, 9.17) is 14.2 Å². The molecular formula is C17H20N2O4. The Morgan fingerprint density at radius 1 is 1.09 bits per heavy atom. The van der Waals surface area contributed by atoms with E-state index >= 15 is 0 Å². The molecule has 122 valence electrons. The molecule has 0 unspecified atom stereocenters. The Morgan fingerprint density at radius 3 is 2.35 bits per heavy atom. The molecule has 0 atom stereocenters. The monoisotopic (exact) mass is 316 g/mol. The Balaban J connectivity index is 2.01. The van der Waals surface area contributed by atoms with Crippen LogP contribution in [0.1, 0.15) is 20.8 Å². The van der Waals surface area contributed by atoms with Crippen LogP contribution in [0.2, 0.25) is 0 Å². The van der Waals surface area contributed by atoms with Gasteiger partial charge in [0.2, 0.25) is 5.88 Å². The van der Waals surface area contributed by atoms with Crippen LogP contribution in [0.25, 0.3) is 0 Å². The molecule has 6 nitrogen and oxygen atoms in total. The number of hydrogen-bond donors (Lipinski definition) is 1. The lowest BCUT2D eigenvalue weighted by atomic mass is 10.2. The van der Waals surface area contributed by atoms with Gasteiger partial charge in [0.1, 0.15) is 5.60 Å². The molecule has 0 saturated heterocycles. The van der Waals surface area contributed by atoms with Crippen LogP contribution in [-0.2, 0) is 4.74 Å². The molecule has 0 aliphatic heterocycles. The van der Waals surface area contributed by atoms with E-state index in [1.54, 1.807) is 52.1 Å². The molecule has 0 radical (unpaired) electrons. The van der Waals surface area contributed by atoms with Crippen LogP contribution in [-0.4, -0.2) is 23.8 Å². The van der Waals surface area contributed by atoms with Crippen molar-refractivity contribution < 1.29 is 19.0 Å². The summed E-state index contributed by atoms with van der Waals surface area (Å²) in [5.41, 5.74) is -0.0311. The zero-order valence-corrected chi connectivity index (χ0v) is 13.6. The second-order valence-electron chi connectivity index (χ2n) is 5.76. The van der Waals surface area contributed by atoms with Gasteiger partial charge in [-0.1, -0.05) is 12.1 Å². The zero-order valence-electron chi connectivity index (χ0n) is 13.6. The molecule has 1 heterocycles. The quantitative estimate of drug-likeness (QED) is 0.914. The number of ether oxygens (including phenoxy) is 3. The molecule has 0 saturated carbocycles. The van der Waals surface area contributed by atoms with Crippen molar-refractivity contribution in [1.82, 2.24) is 4.98 Å². The largest absolute Gasteiger partial charge is 0.493 e. The first kappa shape index (κ1) is 16.6. The van der Waals surface area contributed by atoms with Gasteiger partial charge in [-0.2, -0.15) is 0 Å². The lowest BCUT2D eigenvalue weighted by Crippen LogP contribution is -2.27. The number of anilines is 1. The summed E-state index contributed by atoms with van der Waals surface area (Å²) in [6.45, 7) is 5.40. The Bertz CT molecular complexity index is 663. The van der Waals surface area contributed by atoms with Crippen LogP contribution < -0.4 is 14.8 Å². The Labute approximate surface area is 135 Å². The average molecular weight is 316 g/mol. The van der Waals surface area contributed by atoms with E-state index in [9.17, 15) is 4.79 Å². The van der Waals surface area contributed by atoms with Crippen LogP contribution >= 0.6 is 0 Å². The molecule has 0 bridgehead atoms. The molecule has 23 heavy (non-hydrogen) atoms. The topological polar surface area (TPSA) is 69.7 Å². The van der Waals surface area contributed by atoms with E-state index in [1.807, 2.05) is 12.1 Å². The van der Waals surface area contributed by atoms with Gasteiger partial charge in [-0.05, 0) is 39.0 Å². The van der Waals surface area contributed by atoms with Gasteiger partial charge in [-0.3, -0.25) is 5.32 Å². The molecule has 1 amide bonds. The molecule has 0 aliphatic carbocycles. The van der Waals surface area contributed by atoms with Gasteiger partial charge in [0.05, 0.1) is 19.0 Å². The highest BCUT2D eigenvalue weighted by molar-refractivity contribution is 5.84. The van der Waals surface area contributed by atoms with E-state index in [0.717, 1.165) is 0 Å². The highest BCUT2D eigenvalue weighted by Crippen LogP contribution is 2.30. The summed E-state index contributed by atoms with van der Waals surface area (Å²) in [6.07, 6.45) is 0.965.